The molecule has 0 aromatic carbocycles. The highest BCUT2D eigenvalue weighted by Gasteiger charge is 2.44. The van der Waals surface area contributed by atoms with Gasteiger partial charge in [-0.3, -0.25) is 4.90 Å². The molecule has 1 aliphatic rings. The molecule has 1 rings (SSSR count). The molecule has 108 valence electrons. The van der Waals surface area contributed by atoms with Crippen LogP contribution in [0.4, 0.5) is 13.2 Å². The highest BCUT2D eigenvalue weighted by atomic mass is 19.4. The van der Waals surface area contributed by atoms with Crippen molar-refractivity contribution in [1.82, 2.24) is 10.2 Å². The maximum Gasteiger partial charge on any atom is 0.393 e. The van der Waals surface area contributed by atoms with Gasteiger partial charge in [-0.25, -0.2) is 0 Å². The minimum atomic E-state index is -4.03. The van der Waals surface area contributed by atoms with E-state index in [0.717, 1.165) is 13.0 Å². The first kappa shape index (κ1) is 15.8. The summed E-state index contributed by atoms with van der Waals surface area (Å²) in [6.07, 6.45) is -2.89. The lowest BCUT2D eigenvalue weighted by Gasteiger charge is -2.27. The first-order valence-electron chi connectivity index (χ1n) is 6.65. The first-order valence-corrected chi connectivity index (χ1v) is 6.65. The molecular formula is C13H25F3N2. The molecule has 1 aliphatic heterocycles. The molecule has 1 N–H and O–H groups in total. The summed E-state index contributed by atoms with van der Waals surface area (Å²) in [7, 11) is 0. The molecule has 5 heteroatoms. The van der Waals surface area contributed by atoms with E-state index in [0.29, 0.717) is 6.54 Å². The second kappa shape index (κ2) is 5.78. The predicted molar refractivity (Wildman–Crippen MR) is 67.6 cm³/mol. The van der Waals surface area contributed by atoms with E-state index in [1.165, 1.54) is 0 Å². The zero-order chi connectivity index (χ0) is 14.0. The van der Waals surface area contributed by atoms with E-state index in [4.69, 9.17) is 0 Å². The molecule has 0 aromatic rings. The van der Waals surface area contributed by atoms with Crippen molar-refractivity contribution in [3.8, 4) is 0 Å². The number of hydrogen-bond donors (Lipinski definition) is 1. The van der Waals surface area contributed by atoms with Gasteiger partial charge in [-0.2, -0.15) is 13.2 Å². The highest BCUT2D eigenvalue weighted by Crippen LogP contribution is 2.34. The van der Waals surface area contributed by atoms with E-state index in [2.05, 4.69) is 26.1 Å². The predicted octanol–water partition coefficient (Wildman–Crippen LogP) is 3.04. The van der Waals surface area contributed by atoms with Crippen molar-refractivity contribution in [3.63, 3.8) is 0 Å². The molecule has 0 aromatic heterocycles. The van der Waals surface area contributed by atoms with Gasteiger partial charge in [0.05, 0.1) is 5.92 Å². The third kappa shape index (κ3) is 5.14. The average molecular weight is 266 g/mol. The fourth-order valence-electron chi connectivity index (χ4n) is 2.29. The van der Waals surface area contributed by atoms with E-state index in [1.807, 2.05) is 11.8 Å². The van der Waals surface area contributed by atoms with Gasteiger partial charge in [0.25, 0.3) is 0 Å². The summed E-state index contributed by atoms with van der Waals surface area (Å²) < 4.78 is 37.7. The monoisotopic (exact) mass is 266 g/mol. The van der Waals surface area contributed by atoms with Gasteiger partial charge in [-0.05, 0) is 53.6 Å². The second-order valence-corrected chi connectivity index (χ2v) is 6.34. The fraction of sp³-hybridized carbons (Fsp3) is 1.00. The van der Waals surface area contributed by atoms with Crippen LogP contribution in [0.1, 0.15) is 40.5 Å². The van der Waals surface area contributed by atoms with Crippen LogP contribution in [0.3, 0.4) is 0 Å². The normalized spacial score (nSPS) is 24.5. The number of halogens is 3. The van der Waals surface area contributed by atoms with Crippen molar-refractivity contribution in [2.45, 2.75) is 58.3 Å². The highest BCUT2D eigenvalue weighted by molar-refractivity contribution is 4.84. The molecule has 0 saturated carbocycles. The zero-order valence-electron chi connectivity index (χ0n) is 11.8. The third-order valence-corrected chi connectivity index (χ3v) is 3.52. The molecule has 1 saturated heterocycles. The lowest BCUT2D eigenvalue weighted by Crippen LogP contribution is -2.40. The van der Waals surface area contributed by atoms with Gasteiger partial charge in [-0.1, -0.05) is 0 Å². The van der Waals surface area contributed by atoms with E-state index < -0.39 is 12.1 Å². The van der Waals surface area contributed by atoms with Crippen molar-refractivity contribution in [1.29, 1.82) is 0 Å². The van der Waals surface area contributed by atoms with Crippen molar-refractivity contribution < 1.29 is 13.2 Å². The Balaban J connectivity index is 2.30. The molecule has 2 nitrogen and oxygen atoms in total. The standard InChI is InChI=1S/C13H25F3N2/c1-10(5-7-17-12(2,3)4)18-8-6-11(9-18)13(14,15)16/h10-11,17H,5-9H2,1-4H3. The quantitative estimate of drug-likeness (QED) is 0.841. The van der Waals surface area contributed by atoms with E-state index in [-0.39, 0.29) is 24.5 Å². The van der Waals surface area contributed by atoms with Crippen LogP contribution in [0.5, 0.6) is 0 Å². The average Bonchev–Trinajstić information content (AvgIpc) is 2.62. The first-order chi connectivity index (χ1) is 8.09. The zero-order valence-corrected chi connectivity index (χ0v) is 11.8. The van der Waals surface area contributed by atoms with E-state index >= 15 is 0 Å². The Kier molecular flexibility index (Phi) is 5.06. The Morgan fingerprint density at radius 2 is 1.89 bits per heavy atom. The summed E-state index contributed by atoms with van der Waals surface area (Å²) in [6.45, 7) is 9.87. The van der Waals surface area contributed by atoms with E-state index in [9.17, 15) is 13.2 Å². The molecule has 18 heavy (non-hydrogen) atoms. The van der Waals surface area contributed by atoms with Crippen LogP contribution >= 0.6 is 0 Å². The molecule has 2 atom stereocenters. The summed E-state index contributed by atoms with van der Waals surface area (Å²) in [6, 6.07) is 0.215. The number of likely N-dealkylation sites (tertiary alicyclic amines) is 1. The Bertz CT molecular complexity index is 258. The Morgan fingerprint density at radius 1 is 1.28 bits per heavy atom. The summed E-state index contributed by atoms with van der Waals surface area (Å²) in [4.78, 5) is 1.96. The van der Waals surface area contributed by atoms with Crippen LogP contribution in [0.15, 0.2) is 0 Å². The minimum Gasteiger partial charge on any atom is -0.312 e. The number of nitrogens with one attached hydrogen (secondary N) is 1. The van der Waals surface area contributed by atoms with Gasteiger partial charge in [0.1, 0.15) is 0 Å². The summed E-state index contributed by atoms with van der Waals surface area (Å²) in [5, 5.41) is 3.37. The van der Waals surface area contributed by atoms with E-state index in [1.54, 1.807) is 0 Å². The van der Waals surface area contributed by atoms with Gasteiger partial charge >= 0.3 is 6.18 Å². The van der Waals surface area contributed by atoms with Crippen LogP contribution in [0.2, 0.25) is 0 Å². The topological polar surface area (TPSA) is 15.3 Å². The van der Waals surface area contributed by atoms with Crippen molar-refractivity contribution >= 4 is 0 Å². The smallest absolute Gasteiger partial charge is 0.312 e. The summed E-state index contributed by atoms with van der Waals surface area (Å²) in [5.41, 5.74) is 0.0687. The molecule has 0 radical (unpaired) electrons. The molecule has 1 fully saturated rings. The molecule has 0 bridgehead atoms. The largest absolute Gasteiger partial charge is 0.393 e. The summed E-state index contributed by atoms with van der Waals surface area (Å²) in [5.74, 6) is -1.13. The van der Waals surface area contributed by atoms with Gasteiger partial charge < -0.3 is 5.32 Å². The fourth-order valence-corrected chi connectivity index (χ4v) is 2.29. The Hall–Kier alpha value is -0.290. The Labute approximate surface area is 108 Å². The van der Waals surface area contributed by atoms with Gasteiger partial charge in [0, 0.05) is 18.1 Å². The van der Waals surface area contributed by atoms with Gasteiger partial charge in [0.15, 0.2) is 0 Å². The number of rotatable bonds is 4. The lowest BCUT2D eigenvalue weighted by molar-refractivity contribution is -0.170. The second-order valence-electron chi connectivity index (χ2n) is 6.34. The molecular weight excluding hydrogens is 241 g/mol. The SMILES string of the molecule is CC(CCNC(C)(C)C)N1CCC(C(F)(F)F)C1. The van der Waals surface area contributed by atoms with Crippen LogP contribution in [-0.4, -0.2) is 42.3 Å². The third-order valence-electron chi connectivity index (χ3n) is 3.52. The Morgan fingerprint density at radius 3 is 2.33 bits per heavy atom. The lowest BCUT2D eigenvalue weighted by atomic mass is 10.1. The minimum absolute atomic E-state index is 0.0687. The molecule has 0 spiro atoms. The molecule has 0 aliphatic carbocycles. The maximum absolute atomic E-state index is 12.6. The molecule has 2 unspecified atom stereocenters. The summed E-state index contributed by atoms with van der Waals surface area (Å²) >= 11 is 0. The van der Waals surface area contributed by atoms with Crippen LogP contribution in [0, 0.1) is 5.92 Å². The number of hydrogen-bond acceptors (Lipinski definition) is 2. The van der Waals surface area contributed by atoms with Crippen LogP contribution in [-0.2, 0) is 0 Å². The molecule has 0 amide bonds. The van der Waals surface area contributed by atoms with Gasteiger partial charge in [0.2, 0.25) is 0 Å². The van der Waals surface area contributed by atoms with Crippen LogP contribution in [0.25, 0.3) is 0 Å². The van der Waals surface area contributed by atoms with Crippen molar-refractivity contribution in [2.24, 2.45) is 5.92 Å². The molecule has 1 heterocycles. The maximum atomic E-state index is 12.6. The number of alkyl halides is 3. The van der Waals surface area contributed by atoms with Crippen molar-refractivity contribution in [3.05, 3.63) is 0 Å². The van der Waals surface area contributed by atoms with Crippen LogP contribution < -0.4 is 5.32 Å². The number of nitrogens with zero attached hydrogens (tertiary/aromatic N) is 1. The van der Waals surface area contributed by atoms with Gasteiger partial charge in [-0.15, -0.1) is 0 Å². The van der Waals surface area contributed by atoms with Crippen molar-refractivity contribution in [2.75, 3.05) is 19.6 Å².